The largest absolute Gasteiger partial charge is 0.508 e. The van der Waals surface area contributed by atoms with Crippen LogP contribution in [0.25, 0.3) is 0 Å². The van der Waals surface area contributed by atoms with Crippen LogP contribution in [0, 0.1) is 6.92 Å². The van der Waals surface area contributed by atoms with Crippen LogP contribution in [0.1, 0.15) is 54.5 Å². The first kappa shape index (κ1) is 14.0. The first-order valence-corrected chi connectivity index (χ1v) is 7.78. The van der Waals surface area contributed by atoms with Crippen LogP contribution in [0.2, 0.25) is 0 Å². The molecule has 3 rings (SSSR count). The fourth-order valence-electron chi connectivity index (χ4n) is 3.56. The van der Waals surface area contributed by atoms with E-state index in [-0.39, 0.29) is 6.04 Å². The average molecular weight is 281 g/mol. The van der Waals surface area contributed by atoms with Gasteiger partial charge in [0.25, 0.3) is 0 Å². The summed E-state index contributed by atoms with van der Waals surface area (Å²) < 4.78 is 0. The predicted molar refractivity (Wildman–Crippen MR) is 88.1 cm³/mol. The molecule has 0 spiro atoms. The summed E-state index contributed by atoms with van der Waals surface area (Å²) in [6.07, 6.45) is 2.07. The van der Waals surface area contributed by atoms with E-state index in [1.807, 2.05) is 12.1 Å². The van der Waals surface area contributed by atoms with Crippen molar-refractivity contribution in [1.29, 1.82) is 0 Å². The molecule has 2 atom stereocenters. The summed E-state index contributed by atoms with van der Waals surface area (Å²) >= 11 is 0. The topological polar surface area (TPSA) is 32.3 Å². The Bertz CT molecular complexity index is 663. The van der Waals surface area contributed by atoms with Gasteiger partial charge in [-0.05, 0) is 60.6 Å². The summed E-state index contributed by atoms with van der Waals surface area (Å²) in [6, 6.07) is 12.6. The van der Waals surface area contributed by atoms with Crippen molar-refractivity contribution >= 4 is 5.69 Å². The first-order chi connectivity index (χ1) is 10.1. The number of hydrogen-bond donors (Lipinski definition) is 2. The van der Waals surface area contributed by atoms with E-state index >= 15 is 0 Å². The average Bonchev–Trinajstić information content (AvgIpc) is 2.81. The van der Waals surface area contributed by atoms with Crippen molar-refractivity contribution in [3.05, 3.63) is 58.7 Å². The maximum absolute atomic E-state index is 10.3. The van der Waals surface area contributed by atoms with Crippen molar-refractivity contribution in [1.82, 2.24) is 0 Å². The SMILES string of the molecule is CCc1cccc(NC2CC(C)c3c(C)ccc(O)c32)c1. The first-order valence-electron chi connectivity index (χ1n) is 7.78. The molecule has 0 radical (unpaired) electrons. The van der Waals surface area contributed by atoms with Crippen molar-refractivity contribution < 1.29 is 5.11 Å². The Morgan fingerprint density at radius 3 is 2.76 bits per heavy atom. The van der Waals surface area contributed by atoms with Crippen LogP contribution >= 0.6 is 0 Å². The van der Waals surface area contributed by atoms with E-state index in [9.17, 15) is 5.11 Å². The van der Waals surface area contributed by atoms with E-state index < -0.39 is 0 Å². The van der Waals surface area contributed by atoms with Gasteiger partial charge in [-0.25, -0.2) is 0 Å². The van der Waals surface area contributed by atoms with Crippen LogP contribution in [-0.4, -0.2) is 5.11 Å². The lowest BCUT2D eigenvalue weighted by atomic mass is 9.97. The summed E-state index contributed by atoms with van der Waals surface area (Å²) in [5.74, 6) is 0.906. The van der Waals surface area contributed by atoms with E-state index in [2.05, 4.69) is 50.4 Å². The molecule has 0 aliphatic heterocycles. The molecule has 0 fully saturated rings. The molecule has 2 aromatic carbocycles. The van der Waals surface area contributed by atoms with Gasteiger partial charge in [0.15, 0.2) is 0 Å². The van der Waals surface area contributed by atoms with Gasteiger partial charge in [0.05, 0.1) is 6.04 Å². The van der Waals surface area contributed by atoms with Crippen molar-refractivity contribution in [2.24, 2.45) is 0 Å². The molecule has 2 aromatic rings. The molecule has 21 heavy (non-hydrogen) atoms. The summed E-state index contributed by atoms with van der Waals surface area (Å²) in [5.41, 5.74) is 6.16. The van der Waals surface area contributed by atoms with Crippen molar-refractivity contribution in [2.75, 3.05) is 5.32 Å². The third-order valence-electron chi connectivity index (χ3n) is 4.59. The van der Waals surface area contributed by atoms with Crippen molar-refractivity contribution in [2.45, 2.75) is 45.6 Å². The second kappa shape index (κ2) is 5.44. The summed E-state index contributed by atoms with van der Waals surface area (Å²) in [6.45, 7) is 6.55. The third-order valence-corrected chi connectivity index (χ3v) is 4.59. The Labute approximate surface area is 126 Å². The van der Waals surface area contributed by atoms with Gasteiger partial charge < -0.3 is 10.4 Å². The second-order valence-corrected chi connectivity index (χ2v) is 6.12. The van der Waals surface area contributed by atoms with Crippen LogP contribution < -0.4 is 5.32 Å². The molecule has 110 valence electrons. The van der Waals surface area contributed by atoms with Gasteiger partial charge in [-0.15, -0.1) is 0 Å². The normalized spacial score (nSPS) is 20.3. The van der Waals surface area contributed by atoms with Gasteiger partial charge in [0.2, 0.25) is 0 Å². The predicted octanol–water partition coefficient (Wildman–Crippen LogP) is 4.92. The summed E-state index contributed by atoms with van der Waals surface area (Å²) in [7, 11) is 0. The molecule has 0 aromatic heterocycles. The monoisotopic (exact) mass is 281 g/mol. The molecule has 2 N–H and O–H groups in total. The van der Waals surface area contributed by atoms with Gasteiger partial charge >= 0.3 is 0 Å². The number of nitrogens with one attached hydrogen (secondary N) is 1. The number of aromatic hydroxyl groups is 1. The van der Waals surface area contributed by atoms with Crippen LogP contribution in [0.15, 0.2) is 36.4 Å². The molecule has 2 nitrogen and oxygen atoms in total. The maximum Gasteiger partial charge on any atom is 0.121 e. The molecule has 0 amide bonds. The van der Waals surface area contributed by atoms with E-state index in [0.717, 1.165) is 24.1 Å². The number of rotatable bonds is 3. The van der Waals surface area contributed by atoms with Gasteiger partial charge in [0.1, 0.15) is 5.75 Å². The fourth-order valence-corrected chi connectivity index (χ4v) is 3.56. The number of phenolic OH excluding ortho intramolecular Hbond substituents is 1. The van der Waals surface area contributed by atoms with Crippen LogP contribution in [0.3, 0.4) is 0 Å². The fraction of sp³-hybridized carbons (Fsp3) is 0.368. The molecule has 1 aliphatic carbocycles. The number of aryl methyl sites for hydroxylation is 2. The quantitative estimate of drug-likeness (QED) is 0.836. The molecular weight excluding hydrogens is 258 g/mol. The van der Waals surface area contributed by atoms with Gasteiger partial charge in [-0.3, -0.25) is 0 Å². The Morgan fingerprint density at radius 1 is 1.19 bits per heavy atom. The summed E-state index contributed by atoms with van der Waals surface area (Å²) in [4.78, 5) is 0. The van der Waals surface area contributed by atoms with E-state index in [0.29, 0.717) is 11.7 Å². The highest BCUT2D eigenvalue weighted by Crippen LogP contribution is 2.47. The molecule has 1 aliphatic rings. The third kappa shape index (κ3) is 2.51. The van der Waals surface area contributed by atoms with Crippen molar-refractivity contribution in [3.8, 4) is 5.75 Å². The van der Waals surface area contributed by atoms with Gasteiger partial charge in [-0.1, -0.05) is 32.0 Å². The summed E-state index contributed by atoms with van der Waals surface area (Å²) in [5, 5.41) is 13.9. The minimum atomic E-state index is 0.196. The lowest BCUT2D eigenvalue weighted by Gasteiger charge is -2.17. The molecule has 2 heteroatoms. The highest BCUT2D eigenvalue weighted by Gasteiger charge is 2.32. The minimum absolute atomic E-state index is 0.196. The Kier molecular flexibility index (Phi) is 3.62. The zero-order chi connectivity index (χ0) is 15.0. The maximum atomic E-state index is 10.3. The Morgan fingerprint density at radius 2 is 2.00 bits per heavy atom. The Hall–Kier alpha value is -1.96. The minimum Gasteiger partial charge on any atom is -0.508 e. The van der Waals surface area contributed by atoms with E-state index in [1.165, 1.54) is 16.7 Å². The molecule has 0 bridgehead atoms. The van der Waals surface area contributed by atoms with Gasteiger partial charge in [0, 0.05) is 11.3 Å². The van der Waals surface area contributed by atoms with Crippen LogP contribution in [0.5, 0.6) is 5.75 Å². The second-order valence-electron chi connectivity index (χ2n) is 6.12. The van der Waals surface area contributed by atoms with Gasteiger partial charge in [-0.2, -0.15) is 0 Å². The van der Waals surface area contributed by atoms with E-state index in [1.54, 1.807) is 0 Å². The van der Waals surface area contributed by atoms with E-state index in [4.69, 9.17) is 0 Å². The molecule has 0 heterocycles. The molecular formula is C19H23NO. The standard InChI is InChI=1S/C19H23NO/c1-4-14-6-5-7-15(11-14)20-16-10-13(3)18-12(2)8-9-17(21)19(16)18/h5-9,11,13,16,20-21H,4,10H2,1-3H3. The Balaban J connectivity index is 1.94. The lowest BCUT2D eigenvalue weighted by Crippen LogP contribution is -2.07. The highest BCUT2D eigenvalue weighted by molar-refractivity contribution is 5.56. The number of fused-ring (bicyclic) bond motifs is 1. The van der Waals surface area contributed by atoms with Crippen LogP contribution in [-0.2, 0) is 6.42 Å². The molecule has 0 saturated heterocycles. The number of anilines is 1. The number of benzene rings is 2. The van der Waals surface area contributed by atoms with Crippen LogP contribution in [0.4, 0.5) is 5.69 Å². The molecule has 2 unspecified atom stereocenters. The van der Waals surface area contributed by atoms with Crippen molar-refractivity contribution in [3.63, 3.8) is 0 Å². The zero-order valence-corrected chi connectivity index (χ0v) is 13.0. The zero-order valence-electron chi connectivity index (χ0n) is 13.0. The molecule has 0 saturated carbocycles. The lowest BCUT2D eigenvalue weighted by molar-refractivity contribution is 0.465. The number of phenols is 1. The highest BCUT2D eigenvalue weighted by atomic mass is 16.3. The number of hydrogen-bond acceptors (Lipinski definition) is 2. The smallest absolute Gasteiger partial charge is 0.121 e.